The van der Waals surface area contributed by atoms with E-state index in [9.17, 15) is 19.2 Å². The number of piperidine rings is 1. The van der Waals surface area contributed by atoms with Crippen molar-refractivity contribution in [1.29, 1.82) is 0 Å². The number of ether oxygens (including phenoxy) is 2. The van der Waals surface area contributed by atoms with E-state index >= 15 is 0 Å². The van der Waals surface area contributed by atoms with Crippen molar-refractivity contribution in [2.75, 3.05) is 26.3 Å². The van der Waals surface area contributed by atoms with Crippen LogP contribution in [-0.2, 0) is 23.9 Å². The fourth-order valence-corrected chi connectivity index (χ4v) is 3.33. The smallest absolute Gasteiger partial charge is 0.312 e. The molecule has 2 rings (SSSR count). The Kier molecular flexibility index (Phi) is 8.91. The average Bonchev–Trinajstić information content (AvgIpc) is 2.72. The Bertz CT molecular complexity index is 762. The summed E-state index contributed by atoms with van der Waals surface area (Å²) in [5.41, 5.74) is 5.81. The highest BCUT2D eigenvalue weighted by Crippen LogP contribution is 2.21. The van der Waals surface area contributed by atoms with Crippen LogP contribution in [0.2, 0.25) is 5.02 Å². The Morgan fingerprint density at radius 1 is 1.17 bits per heavy atom. The molecule has 1 aromatic rings. The van der Waals surface area contributed by atoms with Crippen LogP contribution in [0, 0.1) is 5.92 Å². The highest BCUT2D eigenvalue weighted by atomic mass is 35.5. The first-order valence-electron chi connectivity index (χ1n) is 9.71. The number of benzene rings is 1. The Balaban J connectivity index is 1.82. The van der Waals surface area contributed by atoms with E-state index < -0.39 is 24.6 Å². The zero-order chi connectivity index (χ0) is 22.1. The second kappa shape index (κ2) is 11.4. The first kappa shape index (κ1) is 23.5. The molecule has 30 heavy (non-hydrogen) atoms. The minimum Gasteiger partial charge on any atom is -0.466 e. The first-order chi connectivity index (χ1) is 14.3. The maximum absolute atomic E-state index is 12.3. The molecule has 0 spiro atoms. The molecule has 0 aliphatic carbocycles. The van der Waals surface area contributed by atoms with Gasteiger partial charge in [0.1, 0.15) is 0 Å². The minimum absolute atomic E-state index is 0.192. The highest BCUT2D eigenvalue weighted by Gasteiger charge is 2.28. The molecule has 1 unspecified atom stereocenters. The maximum Gasteiger partial charge on any atom is 0.312 e. The zero-order valence-corrected chi connectivity index (χ0v) is 17.5. The molecule has 1 fully saturated rings. The van der Waals surface area contributed by atoms with E-state index in [1.54, 1.807) is 36.1 Å². The van der Waals surface area contributed by atoms with Crippen LogP contribution in [0.5, 0.6) is 0 Å². The summed E-state index contributed by atoms with van der Waals surface area (Å²) in [6.07, 6.45) is 0.835. The Labute approximate surface area is 179 Å². The van der Waals surface area contributed by atoms with E-state index in [4.69, 9.17) is 26.8 Å². The molecule has 1 heterocycles. The van der Waals surface area contributed by atoms with Gasteiger partial charge in [0, 0.05) is 18.1 Å². The van der Waals surface area contributed by atoms with Crippen molar-refractivity contribution >= 4 is 35.5 Å². The first-order valence-corrected chi connectivity index (χ1v) is 10.1. The predicted molar refractivity (Wildman–Crippen MR) is 108 cm³/mol. The van der Waals surface area contributed by atoms with Crippen molar-refractivity contribution < 1.29 is 28.7 Å². The zero-order valence-electron chi connectivity index (χ0n) is 16.8. The van der Waals surface area contributed by atoms with Gasteiger partial charge in [-0.2, -0.15) is 0 Å². The van der Waals surface area contributed by atoms with E-state index in [-0.39, 0.29) is 24.2 Å². The van der Waals surface area contributed by atoms with Crippen LogP contribution < -0.4 is 11.1 Å². The Hall–Kier alpha value is -2.81. The van der Waals surface area contributed by atoms with Crippen molar-refractivity contribution in [3.05, 3.63) is 34.9 Å². The largest absolute Gasteiger partial charge is 0.466 e. The molecule has 1 aromatic carbocycles. The summed E-state index contributed by atoms with van der Waals surface area (Å²) in [6.45, 7) is 2.47. The predicted octanol–water partition coefficient (Wildman–Crippen LogP) is 1.78. The molecule has 3 N–H and O–H groups in total. The summed E-state index contributed by atoms with van der Waals surface area (Å²) in [6, 6.07) is 5.08. The number of hydrogen-bond acceptors (Lipinski definition) is 6. The van der Waals surface area contributed by atoms with Gasteiger partial charge in [0.25, 0.3) is 5.91 Å². The van der Waals surface area contributed by atoms with Gasteiger partial charge < -0.3 is 25.4 Å². The SMILES string of the molecule is CCOC(=O)C1CCN(C(=O)COC(=O)CC(NC(N)=O)c2ccc(Cl)cc2)CC1. The van der Waals surface area contributed by atoms with Crippen molar-refractivity contribution in [2.45, 2.75) is 32.2 Å². The number of primary amides is 1. The second-order valence-electron chi connectivity index (χ2n) is 6.88. The number of carbonyl (C=O) groups is 4. The third kappa shape index (κ3) is 7.22. The summed E-state index contributed by atoms with van der Waals surface area (Å²) in [4.78, 5) is 49.1. The third-order valence-electron chi connectivity index (χ3n) is 4.78. The van der Waals surface area contributed by atoms with Crippen LogP contribution in [0.15, 0.2) is 24.3 Å². The van der Waals surface area contributed by atoms with E-state index in [1.165, 1.54) is 0 Å². The molecule has 0 aromatic heterocycles. The van der Waals surface area contributed by atoms with Gasteiger partial charge in [0.05, 0.1) is 25.0 Å². The molecule has 9 nitrogen and oxygen atoms in total. The highest BCUT2D eigenvalue weighted by molar-refractivity contribution is 6.30. The molecular formula is C20H26ClN3O6. The van der Waals surface area contributed by atoms with Gasteiger partial charge in [-0.1, -0.05) is 23.7 Å². The number of urea groups is 1. The number of nitrogens with two attached hydrogens (primary N) is 1. The van der Waals surface area contributed by atoms with Crippen LogP contribution >= 0.6 is 11.6 Å². The van der Waals surface area contributed by atoms with Gasteiger partial charge >= 0.3 is 18.0 Å². The number of hydrogen-bond donors (Lipinski definition) is 2. The second-order valence-corrected chi connectivity index (χ2v) is 7.32. The quantitative estimate of drug-likeness (QED) is 0.594. The van der Waals surface area contributed by atoms with Crippen LogP contribution in [0.4, 0.5) is 4.79 Å². The Morgan fingerprint density at radius 2 is 1.80 bits per heavy atom. The lowest BCUT2D eigenvalue weighted by Gasteiger charge is -2.30. The third-order valence-corrected chi connectivity index (χ3v) is 5.04. The van der Waals surface area contributed by atoms with Gasteiger partial charge in [-0.05, 0) is 37.5 Å². The van der Waals surface area contributed by atoms with Crippen molar-refractivity contribution in [1.82, 2.24) is 10.2 Å². The number of rotatable bonds is 8. The lowest BCUT2D eigenvalue weighted by molar-refractivity contribution is -0.155. The normalized spacial score (nSPS) is 15.2. The van der Waals surface area contributed by atoms with E-state index in [0.29, 0.717) is 43.1 Å². The summed E-state index contributed by atoms with van der Waals surface area (Å²) in [7, 11) is 0. The number of nitrogens with one attached hydrogen (secondary N) is 1. The fraction of sp³-hybridized carbons (Fsp3) is 0.500. The molecule has 0 saturated carbocycles. The van der Waals surface area contributed by atoms with Crippen LogP contribution in [0.1, 0.15) is 37.8 Å². The number of likely N-dealkylation sites (tertiary alicyclic amines) is 1. The molecular weight excluding hydrogens is 414 g/mol. The lowest BCUT2D eigenvalue weighted by atomic mass is 9.97. The van der Waals surface area contributed by atoms with Crippen molar-refractivity contribution in [2.24, 2.45) is 11.7 Å². The average molecular weight is 440 g/mol. The summed E-state index contributed by atoms with van der Waals surface area (Å²) in [5, 5.41) is 2.99. The number of esters is 2. The number of amides is 3. The molecule has 0 radical (unpaired) electrons. The molecule has 0 bridgehead atoms. The standard InChI is InChI=1S/C20H26ClN3O6/c1-2-29-19(27)14-7-9-24(10-8-14)17(25)12-30-18(26)11-16(23-20(22)28)13-3-5-15(21)6-4-13/h3-6,14,16H,2,7-12H2,1H3,(H3,22,23,28). The van der Waals surface area contributed by atoms with Gasteiger partial charge in [-0.25, -0.2) is 4.79 Å². The van der Waals surface area contributed by atoms with Crippen molar-refractivity contribution in [3.8, 4) is 0 Å². The van der Waals surface area contributed by atoms with E-state index in [0.717, 1.165) is 0 Å². The van der Waals surface area contributed by atoms with Crippen molar-refractivity contribution in [3.63, 3.8) is 0 Å². The van der Waals surface area contributed by atoms with E-state index in [1.807, 2.05) is 0 Å². The van der Waals surface area contributed by atoms with E-state index in [2.05, 4.69) is 5.32 Å². The molecule has 164 valence electrons. The van der Waals surface area contributed by atoms with Crippen LogP contribution in [0.3, 0.4) is 0 Å². The van der Waals surface area contributed by atoms with Crippen LogP contribution in [0.25, 0.3) is 0 Å². The van der Waals surface area contributed by atoms with Gasteiger partial charge in [-0.15, -0.1) is 0 Å². The monoisotopic (exact) mass is 439 g/mol. The van der Waals surface area contributed by atoms with Gasteiger partial charge in [-0.3, -0.25) is 14.4 Å². The summed E-state index contributed by atoms with van der Waals surface area (Å²) in [5.74, 6) is -1.45. The molecule has 1 aliphatic rings. The topological polar surface area (TPSA) is 128 Å². The number of nitrogens with zero attached hydrogens (tertiary/aromatic N) is 1. The Morgan fingerprint density at radius 3 is 2.37 bits per heavy atom. The van der Waals surface area contributed by atoms with Crippen LogP contribution in [-0.4, -0.2) is 55.1 Å². The lowest BCUT2D eigenvalue weighted by Crippen LogP contribution is -2.42. The molecule has 10 heteroatoms. The molecule has 3 amide bonds. The summed E-state index contributed by atoms with van der Waals surface area (Å²) < 4.78 is 10.1. The number of carbonyl (C=O) groups excluding carboxylic acids is 4. The molecule has 1 saturated heterocycles. The minimum atomic E-state index is -0.789. The summed E-state index contributed by atoms with van der Waals surface area (Å²) >= 11 is 5.86. The molecule has 1 atom stereocenters. The molecule has 1 aliphatic heterocycles. The van der Waals surface area contributed by atoms with Gasteiger partial charge in [0.2, 0.25) is 0 Å². The van der Waals surface area contributed by atoms with Gasteiger partial charge in [0.15, 0.2) is 6.61 Å². The maximum atomic E-state index is 12.3. The number of halogens is 1. The fourth-order valence-electron chi connectivity index (χ4n) is 3.20.